The molecule has 166 valence electrons. The molecule has 1 saturated heterocycles. The molecule has 0 spiro atoms. The zero-order valence-electron chi connectivity index (χ0n) is 17.6. The van der Waals surface area contributed by atoms with E-state index in [1.165, 1.54) is 16.9 Å². The van der Waals surface area contributed by atoms with E-state index in [2.05, 4.69) is 15.3 Å². The van der Waals surface area contributed by atoms with Gasteiger partial charge in [-0.2, -0.15) is 5.10 Å². The number of aromatic nitrogens is 2. The van der Waals surface area contributed by atoms with E-state index in [0.717, 1.165) is 5.69 Å². The number of piperazine rings is 1. The lowest BCUT2D eigenvalue weighted by molar-refractivity contribution is -0.130. The summed E-state index contributed by atoms with van der Waals surface area (Å²) in [7, 11) is 0. The van der Waals surface area contributed by atoms with Crippen LogP contribution in [0.3, 0.4) is 0 Å². The Balaban J connectivity index is 1.31. The van der Waals surface area contributed by atoms with Gasteiger partial charge in [-0.15, -0.1) is 0 Å². The average molecular weight is 456 g/mol. The van der Waals surface area contributed by atoms with Crippen molar-refractivity contribution in [2.24, 2.45) is 0 Å². The third-order valence-electron chi connectivity index (χ3n) is 5.56. The third kappa shape index (κ3) is 4.60. The zero-order chi connectivity index (χ0) is 22.7. The number of carbonyl (C=O) groups is 2. The number of halogens is 2. The topological polar surface area (TPSA) is 70.5 Å². The van der Waals surface area contributed by atoms with Crippen LogP contribution < -0.4 is 10.2 Å². The van der Waals surface area contributed by atoms with Crippen LogP contribution in [0.2, 0.25) is 5.02 Å². The van der Waals surface area contributed by atoms with Crippen LogP contribution in [-0.2, 0) is 4.79 Å². The highest BCUT2D eigenvalue weighted by molar-refractivity contribution is 6.30. The van der Waals surface area contributed by atoms with Crippen molar-refractivity contribution >= 4 is 29.1 Å². The highest BCUT2D eigenvalue weighted by Crippen LogP contribution is 2.20. The first-order chi connectivity index (χ1) is 15.4. The van der Waals surface area contributed by atoms with Crippen LogP contribution in [0.1, 0.15) is 16.1 Å². The van der Waals surface area contributed by atoms with Crippen molar-refractivity contribution in [2.75, 3.05) is 37.6 Å². The molecule has 9 heteroatoms. The molecule has 1 aliphatic heterocycles. The van der Waals surface area contributed by atoms with E-state index in [1.54, 1.807) is 30.0 Å². The SMILES string of the molecule is Cc1c(C(=O)NCC(=O)N2CCN(c3ccc(Cl)cc3)CC2)cnn1-c1ccccc1F. The molecule has 7 nitrogen and oxygen atoms in total. The van der Waals surface area contributed by atoms with Gasteiger partial charge in [0.25, 0.3) is 5.91 Å². The maximum absolute atomic E-state index is 14.1. The average Bonchev–Trinajstić information content (AvgIpc) is 3.19. The van der Waals surface area contributed by atoms with Crippen molar-refractivity contribution in [3.63, 3.8) is 0 Å². The number of anilines is 1. The van der Waals surface area contributed by atoms with E-state index in [-0.39, 0.29) is 18.1 Å². The molecular weight excluding hydrogens is 433 g/mol. The second-order valence-corrected chi connectivity index (χ2v) is 7.97. The number of nitrogens with one attached hydrogen (secondary N) is 1. The second kappa shape index (κ2) is 9.40. The molecule has 2 aromatic carbocycles. The summed E-state index contributed by atoms with van der Waals surface area (Å²) < 4.78 is 15.4. The third-order valence-corrected chi connectivity index (χ3v) is 5.81. The molecule has 1 fully saturated rings. The Morgan fingerprint density at radius 2 is 1.75 bits per heavy atom. The lowest BCUT2D eigenvalue weighted by atomic mass is 10.2. The van der Waals surface area contributed by atoms with Crippen molar-refractivity contribution in [3.05, 3.63) is 76.8 Å². The number of hydrogen-bond donors (Lipinski definition) is 1. The fourth-order valence-corrected chi connectivity index (χ4v) is 3.85. The number of nitrogens with zero attached hydrogens (tertiary/aromatic N) is 4. The molecule has 0 unspecified atom stereocenters. The predicted octanol–water partition coefficient (Wildman–Crippen LogP) is 3.05. The van der Waals surface area contributed by atoms with Gasteiger partial charge >= 0.3 is 0 Å². The minimum absolute atomic E-state index is 0.107. The molecule has 4 rings (SSSR count). The van der Waals surface area contributed by atoms with E-state index in [4.69, 9.17) is 11.6 Å². The number of carbonyl (C=O) groups excluding carboxylic acids is 2. The highest BCUT2D eigenvalue weighted by atomic mass is 35.5. The fraction of sp³-hybridized carbons (Fsp3) is 0.261. The maximum atomic E-state index is 14.1. The predicted molar refractivity (Wildman–Crippen MR) is 121 cm³/mol. The molecule has 1 N–H and O–H groups in total. The molecule has 3 aromatic rings. The van der Waals surface area contributed by atoms with E-state index in [1.807, 2.05) is 24.3 Å². The van der Waals surface area contributed by atoms with E-state index < -0.39 is 11.7 Å². The summed E-state index contributed by atoms with van der Waals surface area (Å²) in [5.74, 6) is -0.995. The van der Waals surface area contributed by atoms with Crippen LogP contribution in [0.15, 0.2) is 54.7 Å². The molecule has 0 radical (unpaired) electrons. The molecule has 1 aromatic heterocycles. The van der Waals surface area contributed by atoms with Crippen LogP contribution in [-0.4, -0.2) is 59.2 Å². The first kappa shape index (κ1) is 21.8. The molecule has 32 heavy (non-hydrogen) atoms. The summed E-state index contributed by atoms with van der Waals surface area (Å²) in [5, 5.41) is 7.48. The summed E-state index contributed by atoms with van der Waals surface area (Å²) in [6.45, 7) is 4.13. The molecule has 1 aliphatic rings. The van der Waals surface area contributed by atoms with Crippen molar-refractivity contribution in [1.82, 2.24) is 20.0 Å². The maximum Gasteiger partial charge on any atom is 0.255 e. The summed E-state index contributed by atoms with van der Waals surface area (Å²) in [4.78, 5) is 29.1. The molecule has 0 atom stereocenters. The van der Waals surface area contributed by atoms with Gasteiger partial charge < -0.3 is 15.1 Å². The van der Waals surface area contributed by atoms with Crippen LogP contribution in [0.5, 0.6) is 0 Å². The van der Waals surface area contributed by atoms with E-state index in [0.29, 0.717) is 42.5 Å². The fourth-order valence-electron chi connectivity index (χ4n) is 3.73. The van der Waals surface area contributed by atoms with E-state index >= 15 is 0 Å². The molecule has 2 amide bonds. The highest BCUT2D eigenvalue weighted by Gasteiger charge is 2.23. The molecule has 0 bridgehead atoms. The Labute approximate surface area is 190 Å². The van der Waals surface area contributed by atoms with Gasteiger partial charge in [-0.3, -0.25) is 9.59 Å². The molecule has 0 aliphatic carbocycles. The summed E-state index contributed by atoms with van der Waals surface area (Å²) in [6, 6.07) is 13.8. The summed E-state index contributed by atoms with van der Waals surface area (Å²) in [5.41, 5.74) is 2.13. The van der Waals surface area contributed by atoms with Crippen LogP contribution in [0.4, 0.5) is 10.1 Å². The number of para-hydroxylation sites is 1. The van der Waals surface area contributed by atoms with Gasteiger partial charge in [-0.25, -0.2) is 9.07 Å². The first-order valence-electron chi connectivity index (χ1n) is 10.3. The Bertz CT molecular complexity index is 1120. The monoisotopic (exact) mass is 455 g/mol. The summed E-state index contributed by atoms with van der Waals surface area (Å²) in [6.07, 6.45) is 1.38. The standard InChI is InChI=1S/C23H23ClFN5O2/c1-16-19(14-27-30(16)21-5-3-2-4-20(21)25)23(32)26-15-22(31)29-12-10-28(11-13-29)18-8-6-17(24)7-9-18/h2-9,14H,10-13,15H2,1H3,(H,26,32). The lowest BCUT2D eigenvalue weighted by Crippen LogP contribution is -2.51. The number of benzene rings is 2. The zero-order valence-corrected chi connectivity index (χ0v) is 18.3. The quantitative estimate of drug-likeness (QED) is 0.642. The lowest BCUT2D eigenvalue weighted by Gasteiger charge is -2.36. The van der Waals surface area contributed by atoms with Crippen molar-refractivity contribution in [2.45, 2.75) is 6.92 Å². The second-order valence-electron chi connectivity index (χ2n) is 7.53. The Hall–Kier alpha value is -3.39. The number of hydrogen-bond acceptors (Lipinski definition) is 4. The Kier molecular flexibility index (Phi) is 6.41. The number of rotatable bonds is 5. The minimum Gasteiger partial charge on any atom is -0.368 e. The minimum atomic E-state index is -0.432. The van der Waals surface area contributed by atoms with Crippen LogP contribution in [0, 0.1) is 12.7 Å². The van der Waals surface area contributed by atoms with Gasteiger partial charge in [0, 0.05) is 36.9 Å². The first-order valence-corrected chi connectivity index (χ1v) is 10.7. The van der Waals surface area contributed by atoms with Gasteiger partial charge in [-0.05, 0) is 43.3 Å². The van der Waals surface area contributed by atoms with Gasteiger partial charge in [0.2, 0.25) is 5.91 Å². The van der Waals surface area contributed by atoms with Gasteiger partial charge in [-0.1, -0.05) is 23.7 Å². The Morgan fingerprint density at radius 1 is 1.06 bits per heavy atom. The van der Waals surface area contributed by atoms with Crippen molar-refractivity contribution in [3.8, 4) is 5.69 Å². The van der Waals surface area contributed by atoms with Gasteiger partial charge in [0.1, 0.15) is 11.5 Å². The molecule has 2 heterocycles. The normalized spacial score (nSPS) is 13.8. The smallest absolute Gasteiger partial charge is 0.255 e. The van der Waals surface area contributed by atoms with Crippen molar-refractivity contribution < 1.29 is 14.0 Å². The Morgan fingerprint density at radius 3 is 2.44 bits per heavy atom. The van der Waals surface area contributed by atoms with Crippen molar-refractivity contribution in [1.29, 1.82) is 0 Å². The van der Waals surface area contributed by atoms with Crippen LogP contribution >= 0.6 is 11.6 Å². The van der Waals surface area contributed by atoms with Crippen LogP contribution in [0.25, 0.3) is 5.69 Å². The van der Waals surface area contributed by atoms with Gasteiger partial charge in [0.05, 0.1) is 24.0 Å². The summed E-state index contributed by atoms with van der Waals surface area (Å²) >= 11 is 5.94. The van der Waals surface area contributed by atoms with Gasteiger partial charge in [0.15, 0.2) is 0 Å². The molecular formula is C23H23ClFN5O2. The largest absolute Gasteiger partial charge is 0.368 e. The molecule has 0 saturated carbocycles. The number of amides is 2. The van der Waals surface area contributed by atoms with E-state index in [9.17, 15) is 14.0 Å².